The van der Waals surface area contributed by atoms with Crippen LogP contribution in [0.2, 0.25) is 0 Å². The van der Waals surface area contributed by atoms with E-state index >= 15 is 0 Å². The maximum absolute atomic E-state index is 10.4. The normalized spacial score (nSPS) is 7.94. The molecule has 1 N–H and O–H groups in total. The number of carboxylic acid groups (broad SMARTS) is 1. The van der Waals surface area contributed by atoms with Gasteiger partial charge in [0.15, 0.2) is 0 Å². The number of ketones is 1. The van der Waals surface area contributed by atoms with E-state index in [2.05, 4.69) is 4.74 Å². The number of Topliss-reactive ketones (excluding diaryl/α,β-unsaturated/α-hetero) is 1. The average molecular weight is 309 g/mol. The number of hydrogen-bond acceptors (Lipinski definition) is 4. The molecule has 0 aromatic rings. The largest absolute Gasteiger partial charge is 0.481 e. The Kier molecular flexibility index (Phi) is 18.9. The third kappa shape index (κ3) is 23.4. The van der Waals surface area contributed by atoms with Crippen LogP contribution in [0, 0.1) is 0 Å². The second-order valence-corrected chi connectivity index (χ2v) is 2.83. The topological polar surface area (TPSA) is 80.7 Å². The van der Waals surface area contributed by atoms with Gasteiger partial charge in [-0.05, 0) is 20.3 Å². The first kappa shape index (κ1) is 20.9. The molecule has 0 saturated carbocycles. The zero-order valence-corrected chi connectivity index (χ0v) is 12.4. The van der Waals surface area contributed by atoms with E-state index < -0.39 is 11.9 Å². The third-order valence-electron chi connectivity index (χ3n) is 1.16. The Morgan fingerprint density at radius 2 is 1.69 bits per heavy atom. The predicted molar refractivity (Wildman–Crippen MR) is 54.5 cm³/mol. The van der Waals surface area contributed by atoms with Crippen molar-refractivity contribution in [3.05, 3.63) is 0 Å². The van der Waals surface area contributed by atoms with Crippen LogP contribution in [0.15, 0.2) is 0 Å². The van der Waals surface area contributed by atoms with Gasteiger partial charge in [0.1, 0.15) is 12.2 Å². The first-order chi connectivity index (χ1) is 6.93. The first-order valence-corrected chi connectivity index (χ1v) is 4.80. The standard InChI is InChI=1S/C6H10O3.C4H8O2.Zr/c1-3-9-6(8)4-5(2)7;1-2-3-4(5)6;/h3-4H2,1-2H3;2-3H2,1H3,(H,5,6);. The molecule has 0 aromatic heterocycles. The Hall–Kier alpha value is -0.507. The number of rotatable bonds is 5. The Morgan fingerprint density at radius 3 is 1.88 bits per heavy atom. The smallest absolute Gasteiger partial charge is 0.313 e. The second-order valence-electron chi connectivity index (χ2n) is 2.83. The third-order valence-corrected chi connectivity index (χ3v) is 1.16. The van der Waals surface area contributed by atoms with Crippen LogP contribution in [-0.4, -0.2) is 29.4 Å². The minimum Gasteiger partial charge on any atom is -0.481 e. The molecule has 0 aliphatic rings. The summed E-state index contributed by atoms with van der Waals surface area (Å²) in [4.78, 5) is 30.2. The number of carbonyl (C=O) groups is 3. The monoisotopic (exact) mass is 308 g/mol. The summed E-state index contributed by atoms with van der Waals surface area (Å²) in [6.07, 6.45) is 0.920. The van der Waals surface area contributed by atoms with Gasteiger partial charge in [-0.15, -0.1) is 0 Å². The number of carbonyl (C=O) groups excluding carboxylic acids is 2. The molecule has 0 atom stereocenters. The Bertz CT molecular complexity index is 215. The fourth-order valence-corrected chi connectivity index (χ4v) is 0.629. The summed E-state index contributed by atoms with van der Waals surface area (Å²) in [5.74, 6) is -1.31. The molecule has 0 aromatic carbocycles. The van der Waals surface area contributed by atoms with Crippen LogP contribution in [0.3, 0.4) is 0 Å². The number of ether oxygens (including phenoxy) is 1. The van der Waals surface area contributed by atoms with Crippen molar-refractivity contribution in [1.29, 1.82) is 0 Å². The minimum atomic E-state index is -0.711. The van der Waals surface area contributed by atoms with E-state index in [0.717, 1.165) is 6.42 Å². The fraction of sp³-hybridized carbons (Fsp3) is 0.700. The van der Waals surface area contributed by atoms with Crippen molar-refractivity contribution in [3.8, 4) is 0 Å². The van der Waals surface area contributed by atoms with Crippen molar-refractivity contribution in [1.82, 2.24) is 0 Å². The predicted octanol–water partition coefficient (Wildman–Crippen LogP) is 1.40. The number of aliphatic carboxylic acids is 1. The van der Waals surface area contributed by atoms with Crippen LogP contribution in [-0.2, 0) is 45.3 Å². The summed E-state index contributed by atoms with van der Waals surface area (Å²) in [6.45, 7) is 5.25. The van der Waals surface area contributed by atoms with E-state index in [1.807, 2.05) is 6.92 Å². The molecule has 0 radical (unpaired) electrons. The van der Waals surface area contributed by atoms with Gasteiger partial charge in [0.2, 0.25) is 0 Å². The van der Waals surface area contributed by atoms with E-state index in [-0.39, 0.29) is 38.4 Å². The molecule has 16 heavy (non-hydrogen) atoms. The van der Waals surface area contributed by atoms with Crippen molar-refractivity contribution in [2.24, 2.45) is 0 Å². The molecule has 0 rings (SSSR count). The summed E-state index contributed by atoms with van der Waals surface area (Å²) < 4.78 is 4.49. The summed E-state index contributed by atoms with van der Waals surface area (Å²) >= 11 is 0. The molecule has 0 spiro atoms. The Morgan fingerprint density at radius 1 is 1.19 bits per heavy atom. The van der Waals surface area contributed by atoms with E-state index in [4.69, 9.17) is 5.11 Å². The molecule has 6 heteroatoms. The molecule has 0 bridgehead atoms. The maximum atomic E-state index is 10.4. The van der Waals surface area contributed by atoms with Gasteiger partial charge in [-0.1, -0.05) is 6.92 Å². The van der Waals surface area contributed by atoms with Gasteiger partial charge in [-0.3, -0.25) is 14.4 Å². The van der Waals surface area contributed by atoms with Crippen LogP contribution in [0.4, 0.5) is 0 Å². The van der Waals surface area contributed by atoms with Crippen molar-refractivity contribution in [2.45, 2.75) is 40.0 Å². The van der Waals surface area contributed by atoms with Crippen LogP contribution in [0.25, 0.3) is 0 Å². The molecular weight excluding hydrogens is 291 g/mol. The van der Waals surface area contributed by atoms with Crippen LogP contribution in [0.1, 0.15) is 40.0 Å². The molecule has 0 unspecified atom stereocenters. The van der Waals surface area contributed by atoms with E-state index in [1.165, 1.54) is 6.92 Å². The molecule has 5 nitrogen and oxygen atoms in total. The molecule has 0 amide bonds. The van der Waals surface area contributed by atoms with Crippen LogP contribution >= 0.6 is 0 Å². The number of carboxylic acids is 1. The van der Waals surface area contributed by atoms with Gasteiger partial charge < -0.3 is 9.84 Å². The quantitative estimate of drug-likeness (QED) is 0.613. The summed E-state index contributed by atoms with van der Waals surface area (Å²) in [7, 11) is 0. The average Bonchev–Trinajstić information content (AvgIpc) is 2.03. The van der Waals surface area contributed by atoms with Gasteiger partial charge in [0.25, 0.3) is 0 Å². The minimum absolute atomic E-state index is 0. The van der Waals surface area contributed by atoms with Crippen molar-refractivity contribution < 1.29 is 50.4 Å². The Balaban J connectivity index is -0.000000214. The van der Waals surface area contributed by atoms with E-state index in [1.54, 1.807) is 6.92 Å². The molecule has 0 aliphatic heterocycles. The zero-order chi connectivity index (χ0) is 12.3. The molecule has 92 valence electrons. The fourth-order valence-electron chi connectivity index (χ4n) is 0.629. The van der Waals surface area contributed by atoms with E-state index in [9.17, 15) is 14.4 Å². The number of esters is 1. The van der Waals surface area contributed by atoms with Gasteiger partial charge in [0, 0.05) is 32.6 Å². The molecule has 0 saturated heterocycles. The molecule has 0 fully saturated rings. The first-order valence-electron chi connectivity index (χ1n) is 4.80. The van der Waals surface area contributed by atoms with Crippen LogP contribution in [0.5, 0.6) is 0 Å². The van der Waals surface area contributed by atoms with Crippen LogP contribution < -0.4 is 0 Å². The SMILES string of the molecule is CCCC(=O)O.CCOC(=O)CC(C)=O.[Zr]. The summed E-state index contributed by atoms with van der Waals surface area (Å²) in [5.41, 5.74) is 0. The summed E-state index contributed by atoms with van der Waals surface area (Å²) in [5, 5.41) is 7.91. The van der Waals surface area contributed by atoms with Gasteiger partial charge in [0.05, 0.1) is 6.61 Å². The van der Waals surface area contributed by atoms with Gasteiger partial charge >= 0.3 is 11.9 Å². The molecular formula is C10H18O5Zr. The molecule has 0 aliphatic carbocycles. The molecule has 0 heterocycles. The van der Waals surface area contributed by atoms with Gasteiger partial charge in [-0.2, -0.15) is 0 Å². The van der Waals surface area contributed by atoms with E-state index in [0.29, 0.717) is 13.0 Å². The van der Waals surface area contributed by atoms with Gasteiger partial charge in [-0.25, -0.2) is 0 Å². The van der Waals surface area contributed by atoms with Crippen molar-refractivity contribution >= 4 is 17.7 Å². The number of hydrogen-bond donors (Lipinski definition) is 1. The maximum Gasteiger partial charge on any atom is 0.313 e. The second kappa shape index (κ2) is 14.5. The van der Waals surface area contributed by atoms with Crippen molar-refractivity contribution in [3.63, 3.8) is 0 Å². The zero-order valence-electron chi connectivity index (χ0n) is 9.91. The van der Waals surface area contributed by atoms with Crippen molar-refractivity contribution in [2.75, 3.05) is 6.61 Å². The summed E-state index contributed by atoms with van der Waals surface area (Å²) in [6, 6.07) is 0. The Labute approximate surface area is 115 Å².